The summed E-state index contributed by atoms with van der Waals surface area (Å²) in [6.07, 6.45) is 0.755. The highest BCUT2D eigenvalue weighted by atomic mass is 35.5. The van der Waals surface area contributed by atoms with Gasteiger partial charge in [-0.2, -0.15) is 0 Å². The first kappa shape index (κ1) is 21.9. The van der Waals surface area contributed by atoms with Crippen LogP contribution >= 0.6 is 11.6 Å². The molecule has 2 N–H and O–H groups in total. The van der Waals surface area contributed by atoms with Crippen LogP contribution in [0.4, 0.5) is 16.2 Å². The largest absolute Gasteiger partial charge is 0.452 e. The van der Waals surface area contributed by atoms with Crippen LogP contribution in [0.1, 0.15) is 21.8 Å². The van der Waals surface area contributed by atoms with Gasteiger partial charge in [0.15, 0.2) is 0 Å². The van der Waals surface area contributed by atoms with Crippen molar-refractivity contribution in [2.45, 2.75) is 30.7 Å². The molecule has 1 aliphatic heterocycles. The van der Waals surface area contributed by atoms with E-state index in [4.69, 9.17) is 11.6 Å². The van der Waals surface area contributed by atoms with E-state index in [9.17, 15) is 18.0 Å². The van der Waals surface area contributed by atoms with Crippen molar-refractivity contribution in [2.75, 3.05) is 23.9 Å². The van der Waals surface area contributed by atoms with Crippen LogP contribution in [0, 0.1) is 0 Å². The molecule has 2 aromatic carbocycles. The first-order chi connectivity index (χ1) is 14.2. The summed E-state index contributed by atoms with van der Waals surface area (Å²) in [5.41, 5.74) is 2.54. The van der Waals surface area contributed by atoms with Crippen molar-refractivity contribution < 1.29 is 25.6 Å². The molecule has 30 heavy (non-hydrogen) atoms. The Morgan fingerprint density at radius 1 is 1.20 bits per heavy atom. The third-order valence-electron chi connectivity index (χ3n) is 4.88. The number of hydrogen-bond acceptors (Lipinski definition) is 6. The van der Waals surface area contributed by atoms with Gasteiger partial charge in [0.25, 0.3) is 10.0 Å². The molecule has 0 bridgehead atoms. The molecule has 8 nitrogen and oxygen atoms in total. The minimum atomic E-state index is -4.04. The maximum atomic E-state index is 12.8. The van der Waals surface area contributed by atoms with Gasteiger partial charge in [-0.15, -0.1) is 0 Å². The number of anilines is 2. The fourth-order valence-electron chi connectivity index (χ4n) is 3.31. The molecule has 1 heterocycles. The van der Waals surface area contributed by atoms with Crippen molar-refractivity contribution >= 4 is 45.0 Å². The van der Waals surface area contributed by atoms with Crippen LogP contribution in [0.5, 0.6) is 0 Å². The van der Waals surface area contributed by atoms with Crippen molar-refractivity contribution in [2.24, 2.45) is 0 Å². The van der Waals surface area contributed by atoms with E-state index < -0.39 is 22.2 Å². The fraction of sp³-hybridized carbons (Fsp3) is 0.300. The van der Waals surface area contributed by atoms with Gasteiger partial charge in [0.1, 0.15) is 6.04 Å². The molecule has 0 aromatic heterocycles. The number of ether oxygens (including phenoxy) is 1. The van der Waals surface area contributed by atoms with Gasteiger partial charge in [-0.1, -0.05) is 11.6 Å². The third-order valence-corrected chi connectivity index (χ3v) is 6.44. The van der Waals surface area contributed by atoms with Crippen LogP contribution in [0.2, 0.25) is 5.02 Å². The Morgan fingerprint density at radius 2 is 1.90 bits per heavy atom. The Morgan fingerprint density at radius 3 is 2.57 bits per heavy atom. The van der Waals surface area contributed by atoms with Crippen molar-refractivity contribution in [1.29, 1.82) is 0 Å². The summed E-state index contributed by atoms with van der Waals surface area (Å²) >= 11 is 6.08. The van der Waals surface area contributed by atoms with E-state index in [1.807, 2.05) is 30.0 Å². The quantitative estimate of drug-likeness (QED) is 0.712. The molecular formula is C20H26ClN3O5S. The number of amides is 2. The van der Waals surface area contributed by atoms with E-state index in [-0.39, 0.29) is 13.7 Å². The molecular weight excluding hydrogens is 430 g/mol. The van der Waals surface area contributed by atoms with E-state index in [1.165, 1.54) is 24.3 Å². The number of benzene rings is 2. The summed E-state index contributed by atoms with van der Waals surface area (Å²) in [4.78, 5) is 25.9. The maximum Gasteiger partial charge on any atom is 0.420 e. The van der Waals surface area contributed by atoms with Crippen LogP contribution in [0.3, 0.4) is 0 Å². The monoisotopic (exact) mass is 455 g/mol. The van der Waals surface area contributed by atoms with Gasteiger partial charge < -0.3 is 15.0 Å². The lowest BCUT2D eigenvalue weighted by atomic mass is 10.00. The molecule has 10 heteroatoms. The number of fused-ring (bicyclic) bond motifs is 1. The molecule has 1 aliphatic rings. The van der Waals surface area contributed by atoms with Gasteiger partial charge in [-0.3, -0.25) is 4.79 Å². The number of nitrogens with one attached hydrogen (secondary N) is 2. The molecule has 0 spiro atoms. The Labute approximate surface area is 183 Å². The summed E-state index contributed by atoms with van der Waals surface area (Å²) in [5.74, 6) is -0.221. The molecule has 3 rings (SSSR count). The number of rotatable bonds is 5. The summed E-state index contributed by atoms with van der Waals surface area (Å²) < 4.78 is 30.2. The van der Waals surface area contributed by atoms with E-state index >= 15 is 0 Å². The van der Waals surface area contributed by atoms with Gasteiger partial charge in [-0.05, 0) is 67.8 Å². The first-order valence-electron chi connectivity index (χ1n) is 9.28. The summed E-state index contributed by atoms with van der Waals surface area (Å²) in [6.45, 7) is 2.57. The van der Waals surface area contributed by atoms with Gasteiger partial charge in [0, 0.05) is 25.8 Å². The van der Waals surface area contributed by atoms with Crippen LogP contribution in [-0.4, -0.2) is 40.1 Å². The Kier molecular flexibility index (Phi) is 6.52. The van der Waals surface area contributed by atoms with E-state index in [1.54, 1.807) is 4.72 Å². The second kappa shape index (κ2) is 8.93. The zero-order valence-corrected chi connectivity index (χ0v) is 18.1. The minimum absolute atomic E-state index is 0. The van der Waals surface area contributed by atoms with Crippen molar-refractivity contribution in [3.05, 3.63) is 53.1 Å². The number of aryl methyl sites for hydroxylation is 1. The van der Waals surface area contributed by atoms with Gasteiger partial charge in [0.2, 0.25) is 5.91 Å². The predicted octanol–water partition coefficient (Wildman–Crippen LogP) is 3.66. The second-order valence-electron chi connectivity index (χ2n) is 6.86. The van der Waals surface area contributed by atoms with Crippen LogP contribution in [-0.2, 0) is 26.0 Å². The van der Waals surface area contributed by atoms with Crippen molar-refractivity contribution in [1.82, 2.24) is 4.72 Å². The maximum absolute atomic E-state index is 12.8. The SMILES string of the molecule is COC(=O)NS(=O)(=O)c1ccc(NC(=O)[C@H](C)N2CCCc3cc(Cl)ccc32)cc1.[HH].[HH]. The Hall–Kier alpha value is -2.78. The van der Waals surface area contributed by atoms with Crippen LogP contribution in [0.25, 0.3) is 0 Å². The highest BCUT2D eigenvalue weighted by molar-refractivity contribution is 7.90. The molecule has 0 fully saturated rings. The lowest BCUT2D eigenvalue weighted by Gasteiger charge is -2.35. The molecule has 2 aromatic rings. The van der Waals surface area contributed by atoms with E-state index in [2.05, 4.69) is 10.1 Å². The van der Waals surface area contributed by atoms with Crippen LogP contribution in [0.15, 0.2) is 47.4 Å². The molecule has 164 valence electrons. The second-order valence-corrected chi connectivity index (χ2v) is 8.98. The number of carbonyl (C=O) groups is 2. The third kappa shape index (κ3) is 4.85. The first-order valence-corrected chi connectivity index (χ1v) is 11.1. The number of nitrogens with zero attached hydrogens (tertiary/aromatic N) is 1. The standard InChI is InChI=1S/C20H22ClN3O5S.2H2/c1-13(24-11-3-4-14-12-15(21)5-10-18(14)24)19(25)22-16-6-8-17(9-7-16)30(27,28)23-20(26)29-2;;/h5-10,12-13H,3-4,11H2,1-2H3,(H,22,25)(H,23,26);2*1H/t13-;;/m0../s1. The predicted molar refractivity (Wildman–Crippen MR) is 119 cm³/mol. The highest BCUT2D eigenvalue weighted by Crippen LogP contribution is 2.31. The highest BCUT2D eigenvalue weighted by Gasteiger charge is 2.26. The lowest BCUT2D eigenvalue weighted by Crippen LogP contribution is -2.44. The fourth-order valence-corrected chi connectivity index (χ4v) is 4.42. The molecule has 1 atom stereocenters. The minimum Gasteiger partial charge on any atom is -0.452 e. The topological polar surface area (TPSA) is 105 Å². The van der Waals surface area contributed by atoms with Gasteiger partial charge in [0.05, 0.1) is 12.0 Å². The van der Waals surface area contributed by atoms with Crippen molar-refractivity contribution in [3.8, 4) is 0 Å². The summed E-state index contributed by atoms with van der Waals surface area (Å²) in [7, 11) is -2.97. The lowest BCUT2D eigenvalue weighted by molar-refractivity contribution is -0.117. The van der Waals surface area contributed by atoms with Gasteiger partial charge >= 0.3 is 6.09 Å². The average Bonchev–Trinajstić information content (AvgIpc) is 2.72. The number of carbonyl (C=O) groups excluding carboxylic acids is 2. The molecule has 0 aliphatic carbocycles. The van der Waals surface area contributed by atoms with Gasteiger partial charge in [-0.25, -0.2) is 17.9 Å². The molecule has 0 saturated carbocycles. The zero-order chi connectivity index (χ0) is 21.9. The average molecular weight is 456 g/mol. The molecule has 0 radical (unpaired) electrons. The van der Waals surface area contributed by atoms with E-state index in [0.717, 1.165) is 37.7 Å². The zero-order valence-electron chi connectivity index (χ0n) is 16.5. The Bertz CT molecular complexity index is 1070. The van der Waals surface area contributed by atoms with E-state index in [0.29, 0.717) is 10.7 Å². The molecule has 2 amide bonds. The number of methoxy groups -OCH3 is 1. The molecule has 0 unspecified atom stereocenters. The number of sulfonamides is 1. The normalized spacial score (nSPS) is 14.4. The number of halogens is 1. The van der Waals surface area contributed by atoms with Crippen LogP contribution < -0.4 is 14.9 Å². The molecule has 0 saturated heterocycles. The Balaban J connectivity index is 0.00000256. The summed E-state index contributed by atoms with van der Waals surface area (Å²) in [6, 6.07) is 10.7. The smallest absolute Gasteiger partial charge is 0.420 e. The number of hydrogen-bond donors (Lipinski definition) is 2. The summed E-state index contributed by atoms with van der Waals surface area (Å²) in [5, 5.41) is 3.47. The van der Waals surface area contributed by atoms with Crippen molar-refractivity contribution in [3.63, 3.8) is 0 Å².